The molecule has 2 aliphatic rings. The molecule has 1 aromatic rings. The lowest BCUT2D eigenvalue weighted by atomic mass is 9.94. The fourth-order valence-corrected chi connectivity index (χ4v) is 5.60. The predicted molar refractivity (Wildman–Crippen MR) is 101 cm³/mol. The standard InChI is InChI=1S/C18H24N4O4S/c1-14(25-2)17(23)21-27(24)9-5-18(6-10-27)13-22(7-8-26-18)16-4-3-15(11-19)20-12-16/h3-4,12,14H,5-10,13H2,1-2H3. The number of ether oxygens (including phenoxy) is 2. The van der Waals surface area contributed by atoms with Gasteiger partial charge in [-0.1, -0.05) is 0 Å². The van der Waals surface area contributed by atoms with E-state index >= 15 is 0 Å². The number of pyridine rings is 1. The fraction of sp³-hybridized carbons (Fsp3) is 0.611. The van der Waals surface area contributed by atoms with Gasteiger partial charge in [-0.25, -0.2) is 9.19 Å². The van der Waals surface area contributed by atoms with Crippen LogP contribution in [0.15, 0.2) is 22.7 Å². The maximum absolute atomic E-state index is 12.9. The van der Waals surface area contributed by atoms with Crippen LogP contribution < -0.4 is 4.90 Å². The van der Waals surface area contributed by atoms with E-state index in [0.29, 0.717) is 43.2 Å². The average Bonchev–Trinajstić information content (AvgIpc) is 2.70. The minimum atomic E-state index is -2.56. The van der Waals surface area contributed by atoms with E-state index < -0.39 is 27.3 Å². The average molecular weight is 392 g/mol. The van der Waals surface area contributed by atoms with Crippen molar-refractivity contribution in [1.29, 1.82) is 5.26 Å². The SMILES string of the molecule is COC(C)C(=O)N=S1(=O)CCC2(CC1)CN(c1ccc(C#N)nc1)CCO2. The van der Waals surface area contributed by atoms with Crippen molar-refractivity contribution < 1.29 is 18.5 Å². The normalized spacial score (nSPS) is 29.1. The second-order valence-corrected chi connectivity index (χ2v) is 9.50. The molecule has 2 saturated heterocycles. The lowest BCUT2D eigenvalue weighted by molar-refractivity contribution is -0.126. The lowest BCUT2D eigenvalue weighted by Crippen LogP contribution is -2.55. The zero-order valence-electron chi connectivity index (χ0n) is 15.6. The minimum Gasteiger partial charge on any atom is -0.372 e. The molecule has 0 N–H and O–H groups in total. The van der Waals surface area contributed by atoms with Crippen molar-refractivity contribution in [2.75, 3.05) is 43.2 Å². The molecule has 8 nitrogen and oxygen atoms in total. The molecule has 146 valence electrons. The van der Waals surface area contributed by atoms with Gasteiger partial charge in [0.2, 0.25) is 0 Å². The molecule has 0 bridgehead atoms. The van der Waals surface area contributed by atoms with E-state index in [1.807, 2.05) is 12.1 Å². The first-order valence-corrected chi connectivity index (χ1v) is 10.8. The predicted octanol–water partition coefficient (Wildman–Crippen LogP) is 1.35. The zero-order valence-corrected chi connectivity index (χ0v) is 16.4. The summed E-state index contributed by atoms with van der Waals surface area (Å²) in [5.74, 6) is 0.219. The Morgan fingerprint density at radius 1 is 1.48 bits per heavy atom. The molecule has 0 saturated carbocycles. The zero-order chi connectivity index (χ0) is 19.5. The number of hydrogen-bond acceptors (Lipinski definition) is 7. The quantitative estimate of drug-likeness (QED) is 0.764. The van der Waals surface area contributed by atoms with Gasteiger partial charge in [-0.05, 0) is 31.9 Å². The van der Waals surface area contributed by atoms with Crippen LogP contribution in [0.4, 0.5) is 5.69 Å². The number of hydrogen-bond donors (Lipinski definition) is 0. The van der Waals surface area contributed by atoms with Gasteiger partial charge in [0.1, 0.15) is 17.9 Å². The van der Waals surface area contributed by atoms with Crippen LogP contribution in [0.1, 0.15) is 25.5 Å². The molecule has 3 rings (SSSR count). The number of carbonyl (C=O) groups excluding carboxylic acids is 1. The van der Waals surface area contributed by atoms with Gasteiger partial charge in [-0.15, -0.1) is 0 Å². The van der Waals surface area contributed by atoms with E-state index in [9.17, 15) is 9.00 Å². The Morgan fingerprint density at radius 2 is 2.22 bits per heavy atom. The molecule has 9 heteroatoms. The summed E-state index contributed by atoms with van der Waals surface area (Å²) >= 11 is 0. The van der Waals surface area contributed by atoms with Crippen LogP contribution in [0, 0.1) is 11.3 Å². The summed E-state index contributed by atoms with van der Waals surface area (Å²) < 4.78 is 27.9. The number of amides is 1. The van der Waals surface area contributed by atoms with Gasteiger partial charge in [0.25, 0.3) is 5.91 Å². The fourth-order valence-electron chi connectivity index (χ4n) is 3.36. The maximum Gasteiger partial charge on any atom is 0.282 e. The van der Waals surface area contributed by atoms with Crippen LogP contribution in [-0.2, 0) is 24.0 Å². The van der Waals surface area contributed by atoms with Crippen molar-refractivity contribution in [3.05, 3.63) is 24.0 Å². The molecule has 2 fully saturated rings. The Balaban J connectivity index is 1.69. The van der Waals surface area contributed by atoms with Gasteiger partial charge < -0.3 is 14.4 Å². The molecule has 3 heterocycles. The monoisotopic (exact) mass is 392 g/mol. The number of nitriles is 1. The number of methoxy groups -OCH3 is 1. The molecule has 2 aliphatic heterocycles. The Morgan fingerprint density at radius 3 is 2.81 bits per heavy atom. The molecule has 1 spiro atoms. The number of morpholine rings is 1. The Labute approximate surface area is 159 Å². The van der Waals surface area contributed by atoms with Gasteiger partial charge in [0, 0.05) is 31.7 Å². The number of anilines is 1. The van der Waals surface area contributed by atoms with E-state index in [4.69, 9.17) is 14.7 Å². The van der Waals surface area contributed by atoms with Crippen LogP contribution in [0.5, 0.6) is 0 Å². The molecule has 0 aromatic carbocycles. The van der Waals surface area contributed by atoms with Gasteiger partial charge in [0.15, 0.2) is 0 Å². The first kappa shape index (κ1) is 19.7. The summed E-state index contributed by atoms with van der Waals surface area (Å²) in [5.41, 5.74) is 0.936. The van der Waals surface area contributed by atoms with Gasteiger partial charge in [-0.2, -0.15) is 9.62 Å². The summed E-state index contributed by atoms with van der Waals surface area (Å²) in [6.07, 6.45) is 2.20. The Bertz CT molecular complexity index is 841. The number of carbonyl (C=O) groups is 1. The topological polar surface area (TPSA) is 105 Å². The first-order chi connectivity index (χ1) is 12.9. The Hall–Kier alpha value is -2.02. The highest BCUT2D eigenvalue weighted by Crippen LogP contribution is 2.33. The van der Waals surface area contributed by atoms with Crippen LogP contribution in [0.3, 0.4) is 0 Å². The summed E-state index contributed by atoms with van der Waals surface area (Å²) in [6, 6.07) is 5.60. The van der Waals surface area contributed by atoms with Crippen LogP contribution >= 0.6 is 0 Å². The van der Waals surface area contributed by atoms with Crippen molar-refractivity contribution >= 4 is 21.3 Å². The van der Waals surface area contributed by atoms with Crippen molar-refractivity contribution in [3.63, 3.8) is 0 Å². The number of nitrogens with zero attached hydrogens (tertiary/aromatic N) is 4. The third-order valence-corrected chi connectivity index (χ3v) is 7.38. The first-order valence-electron chi connectivity index (χ1n) is 8.93. The van der Waals surface area contributed by atoms with Crippen molar-refractivity contribution in [1.82, 2.24) is 4.98 Å². The van der Waals surface area contributed by atoms with Gasteiger partial charge in [-0.3, -0.25) is 4.79 Å². The lowest BCUT2D eigenvalue weighted by Gasteiger charge is -2.46. The second kappa shape index (κ2) is 7.92. The second-order valence-electron chi connectivity index (χ2n) is 6.95. The van der Waals surface area contributed by atoms with Crippen molar-refractivity contribution in [2.24, 2.45) is 4.36 Å². The number of rotatable bonds is 3. The summed E-state index contributed by atoms with van der Waals surface area (Å²) in [7, 11) is -1.13. The van der Waals surface area contributed by atoms with Crippen molar-refractivity contribution in [3.8, 4) is 6.07 Å². The Kier molecular flexibility index (Phi) is 5.79. The van der Waals surface area contributed by atoms with E-state index in [2.05, 4.69) is 14.2 Å². The van der Waals surface area contributed by atoms with E-state index in [1.165, 1.54) is 7.11 Å². The maximum atomic E-state index is 12.9. The molecule has 0 radical (unpaired) electrons. The largest absolute Gasteiger partial charge is 0.372 e. The van der Waals surface area contributed by atoms with E-state index in [0.717, 1.165) is 12.2 Å². The third-order valence-electron chi connectivity index (χ3n) is 5.19. The molecule has 1 unspecified atom stereocenters. The van der Waals surface area contributed by atoms with Crippen LogP contribution in [-0.4, -0.2) is 65.1 Å². The highest BCUT2D eigenvalue weighted by Gasteiger charge is 2.41. The molecular weight excluding hydrogens is 368 g/mol. The highest BCUT2D eigenvalue weighted by atomic mass is 32.2. The highest BCUT2D eigenvalue weighted by molar-refractivity contribution is 7.93. The van der Waals surface area contributed by atoms with Crippen LogP contribution in [0.25, 0.3) is 0 Å². The van der Waals surface area contributed by atoms with E-state index in [-0.39, 0.29) is 0 Å². The van der Waals surface area contributed by atoms with Gasteiger partial charge >= 0.3 is 0 Å². The third kappa shape index (κ3) is 4.46. The molecule has 1 aromatic heterocycles. The van der Waals surface area contributed by atoms with Crippen LogP contribution in [0.2, 0.25) is 0 Å². The molecular formula is C18H24N4O4S. The molecule has 27 heavy (non-hydrogen) atoms. The van der Waals surface area contributed by atoms with Gasteiger partial charge in [0.05, 0.1) is 33.8 Å². The molecule has 0 aliphatic carbocycles. The molecule has 1 atom stereocenters. The minimum absolute atomic E-state index is 0.342. The summed E-state index contributed by atoms with van der Waals surface area (Å²) in [4.78, 5) is 18.3. The number of aromatic nitrogens is 1. The van der Waals surface area contributed by atoms with E-state index in [1.54, 1.807) is 19.2 Å². The van der Waals surface area contributed by atoms with Crippen molar-refractivity contribution in [2.45, 2.75) is 31.5 Å². The summed E-state index contributed by atoms with van der Waals surface area (Å²) in [6.45, 7) is 3.57. The smallest absolute Gasteiger partial charge is 0.282 e. The summed E-state index contributed by atoms with van der Waals surface area (Å²) in [5, 5.41) is 8.88. The molecule has 1 amide bonds.